The molecule has 0 atom stereocenters. The summed E-state index contributed by atoms with van der Waals surface area (Å²) in [5.74, 6) is -0.460. The van der Waals surface area contributed by atoms with E-state index < -0.39 is 57.5 Å². The second-order valence-electron chi connectivity index (χ2n) is 10.0. The second kappa shape index (κ2) is 10.7. The maximum atomic E-state index is 14.0. The summed E-state index contributed by atoms with van der Waals surface area (Å²) < 4.78 is 82.0. The molecule has 3 aromatic carbocycles. The molecule has 1 amide bonds. The molecule has 1 aliphatic heterocycles. The molecule has 14 heteroatoms. The Kier molecular flexibility index (Phi) is 7.53. The normalized spacial score (nSPS) is 13.3. The first-order chi connectivity index (χ1) is 20.1. The molecule has 2 heterocycles. The van der Waals surface area contributed by atoms with E-state index in [4.69, 9.17) is 0 Å². The largest absolute Gasteiger partial charge is 0.416 e. The zero-order valence-corrected chi connectivity index (χ0v) is 23.3. The Hall–Kier alpha value is -4.33. The third-order valence-electron chi connectivity index (χ3n) is 7.14. The van der Waals surface area contributed by atoms with Crippen LogP contribution in [0.3, 0.4) is 0 Å². The van der Waals surface area contributed by atoms with Crippen molar-refractivity contribution in [1.29, 1.82) is 0 Å². The smallest absolute Gasteiger partial charge is 0.337 e. The molecule has 0 N–H and O–H groups in total. The van der Waals surface area contributed by atoms with Crippen LogP contribution in [0.4, 0.5) is 32.0 Å². The summed E-state index contributed by atoms with van der Waals surface area (Å²) in [5.41, 5.74) is -3.79. The molecular weight excluding hydrogens is 600 g/mol. The molecule has 224 valence electrons. The number of hydrogen-bond acceptors (Lipinski definition) is 5. The van der Waals surface area contributed by atoms with Crippen LogP contribution in [-0.4, -0.2) is 33.1 Å². The maximum Gasteiger partial charge on any atom is 0.416 e. The number of carbonyl (C=O) groups is 1. The molecule has 0 saturated heterocycles. The number of aromatic nitrogens is 1. The van der Waals surface area contributed by atoms with Crippen LogP contribution in [0.1, 0.15) is 32.6 Å². The van der Waals surface area contributed by atoms with Gasteiger partial charge in [0.05, 0.1) is 21.6 Å². The molecule has 0 saturated carbocycles. The highest BCUT2D eigenvalue weighted by Crippen LogP contribution is 2.40. The van der Waals surface area contributed by atoms with E-state index in [-0.39, 0.29) is 29.4 Å². The van der Waals surface area contributed by atoms with Crippen LogP contribution in [0.2, 0.25) is 0 Å². The number of nitro groups is 1. The molecule has 0 radical (unpaired) electrons. The van der Waals surface area contributed by atoms with E-state index in [1.807, 2.05) is 0 Å². The number of aryl methyl sites for hydroxylation is 2. The fourth-order valence-electron chi connectivity index (χ4n) is 5.16. The molecule has 0 fully saturated rings. The standard InChI is InChI=1S/C29H21F6N3O4S/c1-15-6-7-17(12-21(15)38(41)42)23-20-4-3-5-22-25(20)37(8-9-43-22)27(40)24(23)26(39)36(2)14-16-10-18(28(30,31)32)13-19(11-16)29(33,34)35/h3-7,10-13H,8-9,14H2,1-2H3. The Balaban J connectivity index is 1.71. The van der Waals surface area contributed by atoms with Gasteiger partial charge < -0.3 is 9.47 Å². The summed E-state index contributed by atoms with van der Waals surface area (Å²) in [6.45, 7) is 1.07. The number of halogens is 6. The van der Waals surface area contributed by atoms with Crippen LogP contribution in [0, 0.1) is 17.0 Å². The molecule has 0 aliphatic carbocycles. The highest BCUT2D eigenvalue weighted by atomic mass is 32.2. The summed E-state index contributed by atoms with van der Waals surface area (Å²) in [6, 6.07) is 10.4. The lowest BCUT2D eigenvalue weighted by Crippen LogP contribution is -2.36. The van der Waals surface area contributed by atoms with Crippen molar-refractivity contribution >= 4 is 34.3 Å². The molecule has 4 aromatic rings. The van der Waals surface area contributed by atoms with Crippen molar-refractivity contribution in [1.82, 2.24) is 9.47 Å². The molecule has 7 nitrogen and oxygen atoms in total. The summed E-state index contributed by atoms with van der Waals surface area (Å²) in [7, 11) is 1.16. The Labute approximate surface area is 243 Å². The third kappa shape index (κ3) is 5.58. The van der Waals surface area contributed by atoms with Gasteiger partial charge in [-0.2, -0.15) is 26.3 Å². The maximum absolute atomic E-state index is 14.0. The highest BCUT2D eigenvalue weighted by Gasteiger charge is 2.37. The van der Waals surface area contributed by atoms with Gasteiger partial charge in [0, 0.05) is 53.4 Å². The van der Waals surface area contributed by atoms with Crippen LogP contribution < -0.4 is 5.56 Å². The van der Waals surface area contributed by atoms with E-state index in [1.54, 1.807) is 18.2 Å². The summed E-state index contributed by atoms with van der Waals surface area (Å²) in [4.78, 5) is 40.6. The van der Waals surface area contributed by atoms with Crippen molar-refractivity contribution in [2.75, 3.05) is 12.8 Å². The quantitative estimate of drug-likeness (QED) is 0.133. The SMILES string of the molecule is Cc1ccc(-c2c(C(=O)N(C)Cc3cc(C(F)(F)F)cc(C(F)(F)F)c3)c(=O)n3c4c(cccc24)SCC3)cc1[N+](=O)[O-]. The van der Waals surface area contributed by atoms with E-state index in [1.165, 1.54) is 41.5 Å². The lowest BCUT2D eigenvalue weighted by Gasteiger charge is -2.25. The molecule has 1 aliphatic rings. The predicted octanol–water partition coefficient (Wildman–Crippen LogP) is 7.30. The highest BCUT2D eigenvalue weighted by molar-refractivity contribution is 7.99. The number of hydrogen-bond donors (Lipinski definition) is 0. The van der Waals surface area contributed by atoms with Gasteiger partial charge in [0.25, 0.3) is 17.2 Å². The number of amides is 1. The van der Waals surface area contributed by atoms with Gasteiger partial charge in [-0.3, -0.25) is 19.7 Å². The zero-order valence-electron chi connectivity index (χ0n) is 22.5. The minimum Gasteiger partial charge on any atom is -0.337 e. The van der Waals surface area contributed by atoms with Crippen molar-refractivity contribution < 1.29 is 36.1 Å². The lowest BCUT2D eigenvalue weighted by molar-refractivity contribution is -0.385. The first kappa shape index (κ1) is 30.1. The minimum absolute atomic E-state index is 0.0101. The summed E-state index contributed by atoms with van der Waals surface area (Å²) in [6.07, 6.45) is -10.2. The van der Waals surface area contributed by atoms with Crippen LogP contribution in [0.5, 0.6) is 0 Å². The topological polar surface area (TPSA) is 85.5 Å². The third-order valence-corrected chi connectivity index (χ3v) is 8.17. The van der Waals surface area contributed by atoms with Gasteiger partial charge in [0.15, 0.2) is 0 Å². The Morgan fingerprint density at radius 3 is 2.28 bits per heavy atom. The molecule has 0 spiro atoms. The van der Waals surface area contributed by atoms with Gasteiger partial charge in [0.2, 0.25) is 0 Å². The van der Waals surface area contributed by atoms with Gasteiger partial charge in [-0.25, -0.2) is 0 Å². The Bertz CT molecular complexity index is 1830. The summed E-state index contributed by atoms with van der Waals surface area (Å²) >= 11 is 1.49. The number of benzene rings is 3. The van der Waals surface area contributed by atoms with E-state index in [0.717, 1.165) is 16.8 Å². The lowest BCUT2D eigenvalue weighted by atomic mass is 9.93. The van der Waals surface area contributed by atoms with Crippen LogP contribution >= 0.6 is 11.8 Å². The molecule has 5 rings (SSSR count). The van der Waals surface area contributed by atoms with Gasteiger partial charge >= 0.3 is 12.4 Å². The Morgan fingerprint density at radius 2 is 1.67 bits per heavy atom. The fourth-order valence-corrected chi connectivity index (χ4v) is 6.19. The molecular formula is C29H21F6N3O4S. The van der Waals surface area contributed by atoms with Crippen molar-refractivity contribution in [3.8, 4) is 11.1 Å². The molecule has 0 bridgehead atoms. The van der Waals surface area contributed by atoms with Crippen LogP contribution in [0.15, 0.2) is 64.3 Å². The fraction of sp³-hybridized carbons (Fsp3) is 0.241. The van der Waals surface area contributed by atoms with Crippen molar-refractivity contribution in [2.45, 2.75) is 37.3 Å². The van der Waals surface area contributed by atoms with E-state index in [9.17, 15) is 46.0 Å². The average Bonchev–Trinajstić information content (AvgIpc) is 2.93. The van der Waals surface area contributed by atoms with Gasteiger partial charge in [-0.1, -0.05) is 24.3 Å². The monoisotopic (exact) mass is 621 g/mol. The van der Waals surface area contributed by atoms with E-state index >= 15 is 0 Å². The minimum atomic E-state index is -5.08. The van der Waals surface area contributed by atoms with Gasteiger partial charge in [0.1, 0.15) is 5.56 Å². The van der Waals surface area contributed by atoms with Crippen molar-refractivity contribution in [2.24, 2.45) is 0 Å². The number of thioether (sulfide) groups is 1. The van der Waals surface area contributed by atoms with Crippen molar-refractivity contribution in [3.63, 3.8) is 0 Å². The molecule has 1 aromatic heterocycles. The summed E-state index contributed by atoms with van der Waals surface area (Å²) in [5, 5.41) is 12.2. The van der Waals surface area contributed by atoms with E-state index in [0.29, 0.717) is 34.4 Å². The number of alkyl halides is 6. The number of carbonyl (C=O) groups excluding carboxylic acids is 1. The average molecular weight is 622 g/mol. The molecule has 43 heavy (non-hydrogen) atoms. The van der Waals surface area contributed by atoms with Crippen molar-refractivity contribution in [3.05, 3.63) is 103 Å². The van der Waals surface area contributed by atoms with Gasteiger partial charge in [-0.15, -0.1) is 11.8 Å². The van der Waals surface area contributed by atoms with Crippen LogP contribution in [-0.2, 0) is 25.4 Å². The number of nitro benzene ring substituents is 1. The zero-order chi connectivity index (χ0) is 31.4. The number of nitrogens with zero attached hydrogens (tertiary/aromatic N) is 3. The Morgan fingerprint density at radius 1 is 1.02 bits per heavy atom. The van der Waals surface area contributed by atoms with E-state index in [2.05, 4.69) is 0 Å². The van der Waals surface area contributed by atoms with Crippen LogP contribution in [0.25, 0.3) is 22.0 Å². The number of pyridine rings is 1. The molecule has 0 unspecified atom stereocenters. The predicted molar refractivity (Wildman–Crippen MR) is 148 cm³/mol. The number of rotatable bonds is 5. The second-order valence-corrected chi connectivity index (χ2v) is 11.2. The van der Waals surface area contributed by atoms with Gasteiger partial charge in [-0.05, 0) is 42.3 Å². The number of para-hydroxylation sites is 1. The first-order valence-corrected chi connectivity index (χ1v) is 13.7. The first-order valence-electron chi connectivity index (χ1n) is 12.7.